The van der Waals surface area contributed by atoms with Crippen LogP contribution in [-0.4, -0.2) is 11.9 Å². The van der Waals surface area contributed by atoms with Gasteiger partial charge < -0.3 is 16.8 Å². The van der Waals surface area contributed by atoms with Crippen molar-refractivity contribution >= 4 is 17.3 Å². The van der Waals surface area contributed by atoms with Crippen LogP contribution in [0.2, 0.25) is 0 Å². The Kier molecular flexibility index (Phi) is 3.20. The SMILES string of the molecule is CC1(C)CCC(Nc2ccc(N)c(C(N)=O)c2)C1. The lowest BCUT2D eigenvalue weighted by Gasteiger charge is -2.19. The van der Waals surface area contributed by atoms with E-state index in [0.29, 0.717) is 22.7 Å². The summed E-state index contributed by atoms with van der Waals surface area (Å²) in [6.07, 6.45) is 3.52. The molecule has 2 rings (SSSR count). The first-order valence-corrected chi connectivity index (χ1v) is 6.33. The van der Waals surface area contributed by atoms with Gasteiger partial charge in [0.25, 0.3) is 5.91 Å². The van der Waals surface area contributed by atoms with Gasteiger partial charge >= 0.3 is 0 Å². The second-order valence-electron chi connectivity index (χ2n) is 5.91. The summed E-state index contributed by atoms with van der Waals surface area (Å²) in [6, 6.07) is 5.82. The van der Waals surface area contributed by atoms with E-state index in [4.69, 9.17) is 11.5 Å². The first kappa shape index (κ1) is 12.7. The maximum Gasteiger partial charge on any atom is 0.250 e. The van der Waals surface area contributed by atoms with Gasteiger partial charge in [-0.05, 0) is 42.9 Å². The minimum Gasteiger partial charge on any atom is -0.398 e. The molecule has 0 saturated heterocycles. The number of nitrogens with two attached hydrogens (primary N) is 2. The number of anilines is 2. The zero-order chi connectivity index (χ0) is 13.3. The molecule has 1 atom stereocenters. The van der Waals surface area contributed by atoms with E-state index < -0.39 is 5.91 Å². The zero-order valence-electron chi connectivity index (χ0n) is 11.0. The van der Waals surface area contributed by atoms with Crippen molar-refractivity contribution in [2.45, 2.75) is 39.2 Å². The third-order valence-corrected chi connectivity index (χ3v) is 3.66. The second-order valence-corrected chi connectivity index (χ2v) is 5.91. The number of benzene rings is 1. The standard InChI is InChI=1S/C14H21N3O/c1-14(2)6-5-10(8-14)17-9-3-4-12(15)11(7-9)13(16)18/h3-4,7,10,17H,5-6,8,15H2,1-2H3,(H2,16,18). The Morgan fingerprint density at radius 3 is 2.72 bits per heavy atom. The molecule has 0 heterocycles. The first-order valence-electron chi connectivity index (χ1n) is 6.33. The number of nitrogen functional groups attached to an aromatic ring is 1. The van der Waals surface area contributed by atoms with Gasteiger partial charge in [0.15, 0.2) is 0 Å². The van der Waals surface area contributed by atoms with Gasteiger partial charge in [-0.25, -0.2) is 0 Å². The van der Waals surface area contributed by atoms with E-state index in [9.17, 15) is 4.79 Å². The van der Waals surface area contributed by atoms with Crippen LogP contribution in [0.15, 0.2) is 18.2 Å². The number of hydrogen-bond donors (Lipinski definition) is 3. The highest BCUT2D eigenvalue weighted by Gasteiger charge is 2.30. The molecule has 5 N–H and O–H groups in total. The normalized spacial score (nSPS) is 21.8. The summed E-state index contributed by atoms with van der Waals surface area (Å²) in [5.74, 6) is -0.483. The minimum absolute atomic E-state index is 0.386. The van der Waals surface area contributed by atoms with Crippen molar-refractivity contribution in [2.75, 3.05) is 11.1 Å². The molecule has 1 amide bonds. The van der Waals surface area contributed by atoms with Crippen molar-refractivity contribution in [3.63, 3.8) is 0 Å². The number of amides is 1. The third kappa shape index (κ3) is 2.75. The number of nitrogens with one attached hydrogen (secondary N) is 1. The fourth-order valence-corrected chi connectivity index (χ4v) is 2.65. The van der Waals surface area contributed by atoms with E-state index >= 15 is 0 Å². The molecule has 1 saturated carbocycles. The van der Waals surface area contributed by atoms with Crippen molar-refractivity contribution < 1.29 is 4.79 Å². The van der Waals surface area contributed by atoms with Crippen molar-refractivity contribution in [3.8, 4) is 0 Å². The van der Waals surface area contributed by atoms with E-state index in [1.54, 1.807) is 12.1 Å². The number of rotatable bonds is 3. The summed E-state index contributed by atoms with van der Waals surface area (Å²) >= 11 is 0. The number of hydrogen-bond acceptors (Lipinski definition) is 3. The predicted octanol–water partition coefficient (Wildman–Crippen LogP) is 2.36. The van der Waals surface area contributed by atoms with Gasteiger partial charge in [-0.3, -0.25) is 4.79 Å². The van der Waals surface area contributed by atoms with Crippen molar-refractivity contribution in [3.05, 3.63) is 23.8 Å². The minimum atomic E-state index is -0.483. The van der Waals surface area contributed by atoms with Crippen LogP contribution in [0, 0.1) is 5.41 Å². The lowest BCUT2D eigenvalue weighted by molar-refractivity contribution is 0.100. The summed E-state index contributed by atoms with van der Waals surface area (Å²) in [5.41, 5.74) is 13.1. The Balaban J connectivity index is 2.11. The summed E-state index contributed by atoms with van der Waals surface area (Å²) in [5, 5.41) is 3.46. The summed E-state index contributed by atoms with van der Waals surface area (Å²) < 4.78 is 0. The topological polar surface area (TPSA) is 81.1 Å². The Hall–Kier alpha value is -1.71. The van der Waals surface area contributed by atoms with Crippen LogP contribution in [0.1, 0.15) is 43.5 Å². The molecule has 1 aliphatic carbocycles. The summed E-state index contributed by atoms with van der Waals surface area (Å²) in [7, 11) is 0. The summed E-state index contributed by atoms with van der Waals surface area (Å²) in [4.78, 5) is 11.2. The molecule has 0 spiro atoms. The molecular formula is C14H21N3O. The molecule has 98 valence electrons. The fourth-order valence-electron chi connectivity index (χ4n) is 2.65. The lowest BCUT2D eigenvalue weighted by atomic mass is 9.92. The molecule has 0 radical (unpaired) electrons. The largest absolute Gasteiger partial charge is 0.398 e. The third-order valence-electron chi connectivity index (χ3n) is 3.66. The predicted molar refractivity (Wildman–Crippen MR) is 74.4 cm³/mol. The van der Waals surface area contributed by atoms with E-state index in [1.807, 2.05) is 6.07 Å². The maximum absolute atomic E-state index is 11.2. The van der Waals surface area contributed by atoms with Gasteiger partial charge in [0.2, 0.25) is 0 Å². The number of primary amides is 1. The maximum atomic E-state index is 11.2. The number of carbonyl (C=O) groups excluding carboxylic acids is 1. The average Bonchev–Trinajstić information content (AvgIpc) is 2.60. The van der Waals surface area contributed by atoms with Crippen molar-refractivity contribution in [2.24, 2.45) is 11.1 Å². The van der Waals surface area contributed by atoms with Gasteiger partial charge in [0, 0.05) is 17.4 Å². The highest BCUT2D eigenvalue weighted by atomic mass is 16.1. The van der Waals surface area contributed by atoms with Crippen molar-refractivity contribution in [1.29, 1.82) is 0 Å². The second kappa shape index (κ2) is 4.52. The Morgan fingerprint density at radius 1 is 1.44 bits per heavy atom. The van der Waals surface area contributed by atoms with E-state index in [2.05, 4.69) is 19.2 Å². The van der Waals surface area contributed by atoms with Crippen LogP contribution in [0.3, 0.4) is 0 Å². The van der Waals surface area contributed by atoms with Crippen LogP contribution in [0.25, 0.3) is 0 Å². The van der Waals surface area contributed by atoms with Crippen LogP contribution < -0.4 is 16.8 Å². The smallest absolute Gasteiger partial charge is 0.250 e. The van der Waals surface area contributed by atoms with Crippen LogP contribution in [0.4, 0.5) is 11.4 Å². The average molecular weight is 247 g/mol. The van der Waals surface area contributed by atoms with Gasteiger partial charge in [-0.15, -0.1) is 0 Å². The van der Waals surface area contributed by atoms with E-state index in [0.717, 1.165) is 18.5 Å². The molecular weight excluding hydrogens is 226 g/mol. The molecule has 0 aromatic heterocycles. The molecule has 1 aliphatic rings. The van der Waals surface area contributed by atoms with E-state index in [1.165, 1.54) is 6.42 Å². The van der Waals surface area contributed by atoms with Gasteiger partial charge in [-0.2, -0.15) is 0 Å². The van der Waals surface area contributed by atoms with Crippen LogP contribution in [-0.2, 0) is 0 Å². The Morgan fingerprint density at radius 2 is 2.17 bits per heavy atom. The molecule has 1 unspecified atom stereocenters. The first-order chi connectivity index (χ1) is 8.37. The van der Waals surface area contributed by atoms with Crippen molar-refractivity contribution in [1.82, 2.24) is 0 Å². The quantitative estimate of drug-likeness (QED) is 0.717. The summed E-state index contributed by atoms with van der Waals surface area (Å²) in [6.45, 7) is 4.57. The Bertz CT molecular complexity index is 468. The highest BCUT2D eigenvalue weighted by Crippen LogP contribution is 2.38. The molecule has 4 heteroatoms. The lowest BCUT2D eigenvalue weighted by Crippen LogP contribution is -2.19. The van der Waals surface area contributed by atoms with Gasteiger partial charge in [0.05, 0.1) is 5.56 Å². The molecule has 1 aromatic rings. The molecule has 0 aliphatic heterocycles. The molecule has 0 bridgehead atoms. The van der Waals surface area contributed by atoms with E-state index in [-0.39, 0.29) is 0 Å². The zero-order valence-corrected chi connectivity index (χ0v) is 11.0. The van der Waals surface area contributed by atoms with Crippen LogP contribution >= 0.6 is 0 Å². The highest BCUT2D eigenvalue weighted by molar-refractivity contribution is 5.98. The molecule has 4 nitrogen and oxygen atoms in total. The van der Waals surface area contributed by atoms with Gasteiger partial charge in [-0.1, -0.05) is 13.8 Å². The van der Waals surface area contributed by atoms with Gasteiger partial charge in [0.1, 0.15) is 0 Å². The molecule has 18 heavy (non-hydrogen) atoms. The number of carbonyl (C=O) groups is 1. The Labute approximate surface area is 108 Å². The fraction of sp³-hybridized carbons (Fsp3) is 0.500. The molecule has 1 fully saturated rings. The molecule has 1 aromatic carbocycles. The monoisotopic (exact) mass is 247 g/mol. The van der Waals surface area contributed by atoms with Crippen LogP contribution in [0.5, 0.6) is 0 Å².